The summed E-state index contributed by atoms with van der Waals surface area (Å²) < 4.78 is 5.67. The maximum atomic E-state index is 5.77. The number of nitrogens with zero attached hydrogens (tertiary/aromatic N) is 1. The van der Waals surface area contributed by atoms with Crippen molar-refractivity contribution in [2.45, 2.75) is 6.10 Å². The summed E-state index contributed by atoms with van der Waals surface area (Å²) >= 11 is 5.77. The number of ether oxygens (including phenoxy) is 1. The number of aliphatic imine (C=N–C) groups is 1. The quantitative estimate of drug-likeness (QED) is 0.790. The average Bonchev–Trinajstić information content (AvgIpc) is 2.25. The van der Waals surface area contributed by atoms with E-state index < -0.39 is 0 Å². The number of hydrogen-bond acceptors (Lipinski definition) is 4. The number of nitrogens with two attached hydrogens (primary N) is 1. The maximum Gasteiger partial charge on any atom is 0.188 e. The van der Waals surface area contributed by atoms with Crippen molar-refractivity contribution in [1.29, 1.82) is 0 Å². The highest BCUT2D eigenvalue weighted by molar-refractivity contribution is 6.30. The highest BCUT2D eigenvalue weighted by atomic mass is 35.5. The van der Waals surface area contributed by atoms with Gasteiger partial charge in [0.15, 0.2) is 5.96 Å². The number of halogens is 1. The molecule has 5 heteroatoms. The minimum absolute atomic E-state index is 0.0264. The second kappa shape index (κ2) is 4.40. The third-order valence-electron chi connectivity index (χ3n) is 2.09. The fourth-order valence-corrected chi connectivity index (χ4v) is 1.45. The standard InChI is InChI=1S/C10H12ClN3O/c11-7-1-3-8(4-2-7)15-9-5-13-10(12)14-6-9/h1-4,9H,5-6H2,(H3,12,13,14). The fourth-order valence-electron chi connectivity index (χ4n) is 1.32. The fraction of sp³-hybridized carbons (Fsp3) is 0.300. The van der Waals surface area contributed by atoms with Crippen LogP contribution in [0.15, 0.2) is 29.3 Å². The predicted octanol–water partition coefficient (Wildman–Crippen LogP) is 1.01. The van der Waals surface area contributed by atoms with Gasteiger partial charge in [0.2, 0.25) is 0 Å². The zero-order valence-electron chi connectivity index (χ0n) is 8.11. The molecule has 0 bridgehead atoms. The summed E-state index contributed by atoms with van der Waals surface area (Å²) in [5.74, 6) is 1.27. The van der Waals surface area contributed by atoms with Crippen LogP contribution < -0.4 is 15.8 Å². The van der Waals surface area contributed by atoms with Crippen LogP contribution in [0.4, 0.5) is 0 Å². The van der Waals surface area contributed by atoms with Gasteiger partial charge in [0, 0.05) is 5.02 Å². The van der Waals surface area contributed by atoms with Crippen LogP contribution in [0.3, 0.4) is 0 Å². The van der Waals surface area contributed by atoms with Crippen LogP contribution in [0.1, 0.15) is 0 Å². The van der Waals surface area contributed by atoms with Crippen LogP contribution in [-0.2, 0) is 0 Å². The molecule has 0 spiro atoms. The van der Waals surface area contributed by atoms with E-state index in [4.69, 9.17) is 22.1 Å². The molecule has 1 aliphatic rings. The van der Waals surface area contributed by atoms with Crippen molar-refractivity contribution < 1.29 is 4.74 Å². The Bertz CT molecular complexity index is 363. The number of benzene rings is 1. The zero-order chi connectivity index (χ0) is 10.7. The molecule has 0 saturated heterocycles. The molecule has 0 radical (unpaired) electrons. The number of rotatable bonds is 2. The largest absolute Gasteiger partial charge is 0.487 e. The van der Waals surface area contributed by atoms with E-state index in [1.54, 1.807) is 12.1 Å². The molecular weight excluding hydrogens is 214 g/mol. The van der Waals surface area contributed by atoms with E-state index in [0.717, 1.165) is 5.75 Å². The van der Waals surface area contributed by atoms with Crippen LogP contribution in [0, 0.1) is 0 Å². The summed E-state index contributed by atoms with van der Waals surface area (Å²) in [6.45, 7) is 1.26. The normalized spacial score (nSPS) is 20.3. The first-order valence-corrected chi connectivity index (χ1v) is 5.08. The van der Waals surface area contributed by atoms with Gasteiger partial charge in [0.1, 0.15) is 11.9 Å². The van der Waals surface area contributed by atoms with E-state index in [1.165, 1.54) is 0 Å². The lowest BCUT2D eigenvalue weighted by Crippen LogP contribution is -2.45. The summed E-state index contributed by atoms with van der Waals surface area (Å²) in [4.78, 5) is 4.06. The van der Waals surface area contributed by atoms with E-state index in [0.29, 0.717) is 24.1 Å². The van der Waals surface area contributed by atoms with Crippen molar-refractivity contribution in [3.05, 3.63) is 29.3 Å². The molecule has 0 aromatic heterocycles. The predicted molar refractivity (Wildman–Crippen MR) is 60.4 cm³/mol. The first-order chi connectivity index (χ1) is 7.24. The second-order valence-corrected chi connectivity index (χ2v) is 3.74. The lowest BCUT2D eigenvalue weighted by molar-refractivity contribution is 0.207. The zero-order valence-corrected chi connectivity index (χ0v) is 8.87. The molecule has 1 heterocycles. The van der Waals surface area contributed by atoms with Crippen molar-refractivity contribution in [3.8, 4) is 5.75 Å². The van der Waals surface area contributed by atoms with Gasteiger partial charge < -0.3 is 15.8 Å². The number of nitrogens with one attached hydrogen (secondary N) is 1. The van der Waals surface area contributed by atoms with Crippen LogP contribution in [0.5, 0.6) is 5.75 Å². The third kappa shape index (κ3) is 2.76. The Kier molecular flexibility index (Phi) is 2.97. The molecule has 0 aliphatic carbocycles. The van der Waals surface area contributed by atoms with E-state index in [-0.39, 0.29) is 6.10 Å². The van der Waals surface area contributed by atoms with E-state index in [2.05, 4.69) is 10.3 Å². The molecule has 1 atom stereocenters. The van der Waals surface area contributed by atoms with Gasteiger partial charge in [0.05, 0.1) is 13.1 Å². The smallest absolute Gasteiger partial charge is 0.188 e. The molecule has 15 heavy (non-hydrogen) atoms. The highest BCUT2D eigenvalue weighted by Crippen LogP contribution is 2.17. The van der Waals surface area contributed by atoms with Crippen LogP contribution in [-0.4, -0.2) is 25.2 Å². The number of hydrogen-bond donors (Lipinski definition) is 2. The summed E-state index contributed by atoms with van der Waals surface area (Å²) in [5, 5.41) is 3.64. The Morgan fingerprint density at radius 3 is 2.73 bits per heavy atom. The van der Waals surface area contributed by atoms with E-state index >= 15 is 0 Å². The molecule has 1 aliphatic heterocycles. The second-order valence-electron chi connectivity index (χ2n) is 3.30. The minimum Gasteiger partial charge on any atom is -0.487 e. The van der Waals surface area contributed by atoms with Crippen molar-refractivity contribution in [2.75, 3.05) is 13.1 Å². The molecule has 0 amide bonds. The first-order valence-electron chi connectivity index (χ1n) is 4.70. The van der Waals surface area contributed by atoms with Crippen molar-refractivity contribution >= 4 is 17.6 Å². The molecule has 1 unspecified atom stereocenters. The van der Waals surface area contributed by atoms with Gasteiger partial charge in [-0.25, -0.2) is 4.99 Å². The Morgan fingerprint density at radius 2 is 2.13 bits per heavy atom. The molecule has 1 aromatic rings. The van der Waals surface area contributed by atoms with Gasteiger partial charge in [-0.3, -0.25) is 0 Å². The van der Waals surface area contributed by atoms with Gasteiger partial charge in [-0.05, 0) is 24.3 Å². The Labute approximate surface area is 93.1 Å². The molecule has 1 aromatic carbocycles. The van der Waals surface area contributed by atoms with Crippen LogP contribution in [0.2, 0.25) is 5.02 Å². The Morgan fingerprint density at radius 1 is 1.40 bits per heavy atom. The molecule has 80 valence electrons. The van der Waals surface area contributed by atoms with Gasteiger partial charge in [-0.2, -0.15) is 0 Å². The Balaban J connectivity index is 1.95. The highest BCUT2D eigenvalue weighted by Gasteiger charge is 2.14. The molecular formula is C10H12ClN3O. The Hall–Kier alpha value is -1.42. The monoisotopic (exact) mass is 225 g/mol. The van der Waals surface area contributed by atoms with Gasteiger partial charge in [-0.15, -0.1) is 0 Å². The first kappa shape index (κ1) is 10.1. The van der Waals surface area contributed by atoms with Gasteiger partial charge >= 0.3 is 0 Å². The van der Waals surface area contributed by atoms with Crippen LogP contribution in [0.25, 0.3) is 0 Å². The summed E-state index contributed by atoms with van der Waals surface area (Å²) in [7, 11) is 0. The average molecular weight is 226 g/mol. The SMILES string of the molecule is NC1=NCC(Oc2ccc(Cl)cc2)CN1. The summed E-state index contributed by atoms with van der Waals surface area (Å²) in [6.07, 6.45) is 0.0264. The van der Waals surface area contributed by atoms with Crippen molar-refractivity contribution in [2.24, 2.45) is 10.7 Å². The van der Waals surface area contributed by atoms with Crippen molar-refractivity contribution in [3.63, 3.8) is 0 Å². The maximum absolute atomic E-state index is 5.77. The summed E-state index contributed by atoms with van der Waals surface area (Å²) in [6, 6.07) is 7.27. The minimum atomic E-state index is 0.0264. The summed E-state index contributed by atoms with van der Waals surface area (Å²) in [5.41, 5.74) is 5.48. The lowest BCUT2D eigenvalue weighted by atomic mass is 10.3. The molecule has 4 nitrogen and oxygen atoms in total. The lowest BCUT2D eigenvalue weighted by Gasteiger charge is -2.22. The molecule has 3 N–H and O–H groups in total. The van der Waals surface area contributed by atoms with Crippen LogP contribution >= 0.6 is 11.6 Å². The van der Waals surface area contributed by atoms with Crippen molar-refractivity contribution in [1.82, 2.24) is 5.32 Å². The third-order valence-corrected chi connectivity index (χ3v) is 2.34. The topological polar surface area (TPSA) is 59.6 Å². The number of guanidine groups is 1. The van der Waals surface area contributed by atoms with E-state index in [9.17, 15) is 0 Å². The van der Waals surface area contributed by atoms with E-state index in [1.807, 2.05) is 12.1 Å². The molecule has 0 saturated carbocycles. The van der Waals surface area contributed by atoms with Gasteiger partial charge in [0.25, 0.3) is 0 Å². The van der Waals surface area contributed by atoms with Gasteiger partial charge in [-0.1, -0.05) is 11.6 Å². The molecule has 0 fully saturated rings. The molecule has 2 rings (SSSR count).